The molecular formula is C32H23ClN4O3S. The minimum Gasteiger partial charge on any atom is -0.449 e. The van der Waals surface area contributed by atoms with Gasteiger partial charge in [0.1, 0.15) is 18.0 Å². The van der Waals surface area contributed by atoms with Gasteiger partial charge in [0.2, 0.25) is 0 Å². The quantitative estimate of drug-likeness (QED) is 0.195. The van der Waals surface area contributed by atoms with E-state index in [0.717, 1.165) is 28.5 Å². The number of ether oxygens (including phenoxy) is 1. The Morgan fingerprint density at radius 2 is 1.71 bits per heavy atom. The first-order valence-corrected chi connectivity index (χ1v) is 14.1. The number of rotatable bonds is 8. The number of alkyl carbamates (subject to hydrolysis) is 1. The maximum atomic E-state index is 13.0. The van der Waals surface area contributed by atoms with Crippen LogP contribution in [0, 0.1) is 0 Å². The predicted octanol–water partition coefficient (Wildman–Crippen LogP) is 7.19. The lowest BCUT2D eigenvalue weighted by Gasteiger charge is -2.16. The summed E-state index contributed by atoms with van der Waals surface area (Å²) in [6.07, 6.45) is 4.95. The zero-order chi connectivity index (χ0) is 28.2. The fourth-order valence-electron chi connectivity index (χ4n) is 5.00. The Bertz CT molecular complexity index is 1700. The molecular weight excluding hydrogens is 556 g/mol. The molecule has 1 aliphatic rings. The third-order valence-electron chi connectivity index (χ3n) is 6.89. The van der Waals surface area contributed by atoms with Crippen LogP contribution in [0.2, 0.25) is 5.02 Å². The molecule has 0 spiro atoms. The summed E-state index contributed by atoms with van der Waals surface area (Å²) in [4.78, 5) is 37.9. The number of hydrogen-bond donors (Lipinski definition) is 1. The molecule has 6 rings (SSSR count). The van der Waals surface area contributed by atoms with Crippen molar-refractivity contribution in [1.29, 1.82) is 0 Å². The molecule has 0 unspecified atom stereocenters. The smallest absolute Gasteiger partial charge is 0.407 e. The summed E-state index contributed by atoms with van der Waals surface area (Å²) < 4.78 is 5.73. The van der Waals surface area contributed by atoms with E-state index in [1.165, 1.54) is 29.2 Å². The number of aromatic nitrogens is 3. The lowest BCUT2D eigenvalue weighted by molar-refractivity contribution is 0.112. The van der Waals surface area contributed by atoms with E-state index in [2.05, 4.69) is 44.5 Å². The van der Waals surface area contributed by atoms with Crippen LogP contribution in [0.1, 0.15) is 33.0 Å². The molecule has 0 bridgehead atoms. The van der Waals surface area contributed by atoms with Crippen LogP contribution in [0.4, 0.5) is 4.79 Å². The van der Waals surface area contributed by atoms with Crippen molar-refractivity contribution in [2.24, 2.45) is 0 Å². The monoisotopic (exact) mass is 578 g/mol. The van der Waals surface area contributed by atoms with Crippen LogP contribution in [-0.4, -0.2) is 33.9 Å². The number of aldehydes is 1. The van der Waals surface area contributed by atoms with E-state index in [4.69, 9.17) is 16.3 Å². The van der Waals surface area contributed by atoms with Crippen molar-refractivity contribution in [1.82, 2.24) is 20.3 Å². The number of nitrogens with one attached hydrogen (secondary N) is 1. The van der Waals surface area contributed by atoms with E-state index in [1.54, 1.807) is 36.7 Å². The second kappa shape index (κ2) is 11.9. The van der Waals surface area contributed by atoms with E-state index >= 15 is 0 Å². The number of hydrogen-bond acceptors (Lipinski definition) is 7. The first-order valence-electron chi connectivity index (χ1n) is 12.9. The van der Waals surface area contributed by atoms with Crippen LogP contribution in [-0.2, 0) is 11.3 Å². The summed E-state index contributed by atoms with van der Waals surface area (Å²) in [5.41, 5.74) is 7.25. The Morgan fingerprint density at radius 1 is 0.951 bits per heavy atom. The van der Waals surface area contributed by atoms with Crippen LogP contribution in [0.25, 0.3) is 22.4 Å². The molecule has 0 fully saturated rings. The highest BCUT2D eigenvalue weighted by molar-refractivity contribution is 7.99. The van der Waals surface area contributed by atoms with E-state index in [-0.39, 0.29) is 19.1 Å². The number of amides is 1. The minimum atomic E-state index is -0.544. The van der Waals surface area contributed by atoms with Crippen molar-refractivity contribution in [3.8, 4) is 22.4 Å². The Morgan fingerprint density at radius 3 is 2.41 bits per heavy atom. The van der Waals surface area contributed by atoms with Gasteiger partial charge in [0.05, 0.1) is 10.7 Å². The number of carbonyl (C=O) groups excluding carboxylic acids is 2. The fraction of sp³-hybridized carbons (Fsp3) is 0.0938. The highest BCUT2D eigenvalue weighted by atomic mass is 35.5. The number of nitrogens with zero attached hydrogens (tertiary/aromatic N) is 3. The minimum absolute atomic E-state index is 0.0410. The third-order valence-corrected chi connectivity index (χ3v) is 8.52. The zero-order valence-electron chi connectivity index (χ0n) is 21.7. The highest BCUT2D eigenvalue weighted by Gasteiger charge is 2.29. The Hall–Kier alpha value is -4.53. The van der Waals surface area contributed by atoms with Gasteiger partial charge in [-0.05, 0) is 58.1 Å². The molecule has 0 saturated carbocycles. The van der Waals surface area contributed by atoms with Gasteiger partial charge >= 0.3 is 6.09 Å². The van der Waals surface area contributed by atoms with Crippen LogP contribution in [0.5, 0.6) is 0 Å². The molecule has 1 N–H and O–H groups in total. The fourth-order valence-corrected chi connectivity index (χ4v) is 6.31. The molecule has 2 heterocycles. The van der Waals surface area contributed by atoms with Gasteiger partial charge in [-0.1, -0.05) is 71.9 Å². The molecule has 9 heteroatoms. The lowest BCUT2D eigenvalue weighted by Crippen LogP contribution is -2.26. The average Bonchev–Trinajstić information content (AvgIpc) is 3.34. The van der Waals surface area contributed by atoms with Crippen molar-refractivity contribution in [2.75, 3.05) is 6.61 Å². The second-order valence-electron chi connectivity index (χ2n) is 9.34. The summed E-state index contributed by atoms with van der Waals surface area (Å²) in [5.74, 6) is -0.0410. The Balaban J connectivity index is 1.23. The number of benzene rings is 3. The molecule has 0 radical (unpaired) electrons. The average molecular weight is 579 g/mol. The van der Waals surface area contributed by atoms with Crippen LogP contribution < -0.4 is 5.32 Å². The van der Waals surface area contributed by atoms with Crippen LogP contribution in [0.3, 0.4) is 0 Å². The zero-order valence-corrected chi connectivity index (χ0v) is 23.2. The molecule has 1 amide bonds. The topological polar surface area (TPSA) is 94.1 Å². The van der Waals surface area contributed by atoms with Gasteiger partial charge in [0.25, 0.3) is 0 Å². The van der Waals surface area contributed by atoms with Crippen molar-refractivity contribution >= 4 is 35.7 Å². The van der Waals surface area contributed by atoms with Gasteiger partial charge in [-0.3, -0.25) is 4.79 Å². The summed E-state index contributed by atoms with van der Waals surface area (Å²) >= 11 is 8.03. The number of halogens is 1. The van der Waals surface area contributed by atoms with Crippen molar-refractivity contribution in [3.63, 3.8) is 0 Å². The number of pyridine rings is 1. The Labute approximate surface area is 246 Å². The molecule has 0 aliphatic heterocycles. The van der Waals surface area contributed by atoms with Crippen molar-refractivity contribution in [2.45, 2.75) is 22.4 Å². The molecule has 41 heavy (non-hydrogen) atoms. The van der Waals surface area contributed by atoms with Crippen molar-refractivity contribution in [3.05, 3.63) is 125 Å². The molecule has 5 aromatic rings. The van der Waals surface area contributed by atoms with E-state index < -0.39 is 6.09 Å². The van der Waals surface area contributed by atoms with Crippen molar-refractivity contribution < 1.29 is 14.3 Å². The van der Waals surface area contributed by atoms with E-state index in [9.17, 15) is 9.59 Å². The van der Waals surface area contributed by atoms with Gasteiger partial charge in [0, 0.05) is 40.9 Å². The lowest BCUT2D eigenvalue weighted by atomic mass is 9.98. The van der Waals surface area contributed by atoms with Gasteiger partial charge in [-0.25, -0.2) is 19.7 Å². The number of fused-ring (bicyclic) bond motifs is 3. The van der Waals surface area contributed by atoms with Gasteiger partial charge in [-0.2, -0.15) is 0 Å². The summed E-state index contributed by atoms with van der Waals surface area (Å²) in [6, 6.07) is 25.3. The molecule has 7 nitrogen and oxygen atoms in total. The van der Waals surface area contributed by atoms with E-state index in [1.807, 2.05) is 30.3 Å². The number of carbonyl (C=O) groups is 2. The van der Waals surface area contributed by atoms with Gasteiger partial charge in [-0.15, -0.1) is 0 Å². The van der Waals surface area contributed by atoms with Gasteiger partial charge < -0.3 is 10.1 Å². The Kier molecular flexibility index (Phi) is 7.75. The summed E-state index contributed by atoms with van der Waals surface area (Å²) in [5, 5.41) is 3.83. The summed E-state index contributed by atoms with van der Waals surface area (Å²) in [7, 11) is 0. The first-order chi connectivity index (χ1) is 20.1. The van der Waals surface area contributed by atoms with Gasteiger partial charge in [0.15, 0.2) is 6.29 Å². The molecule has 0 atom stereocenters. The predicted molar refractivity (Wildman–Crippen MR) is 158 cm³/mol. The molecule has 0 saturated heterocycles. The molecule has 3 aromatic carbocycles. The molecule has 2 aromatic heterocycles. The molecule has 1 aliphatic carbocycles. The SMILES string of the molecule is O=Cc1cccnc1Sc1c(Cl)cc(-c2ccncn2)cc1CNC(=O)OCC1c2ccccc2-c2ccccc21. The van der Waals surface area contributed by atoms with Crippen LogP contribution >= 0.6 is 23.4 Å². The first kappa shape index (κ1) is 26.7. The highest BCUT2D eigenvalue weighted by Crippen LogP contribution is 2.44. The standard InChI is InChI=1S/C32H23ClN4O3S/c33-28-15-21(29-11-13-34-19-37-29)14-22(30(28)41-31-20(17-38)6-5-12-35-31)16-36-32(39)40-18-27-25-9-3-1-7-23(25)24-8-2-4-10-26(24)27/h1-15,17,19,27H,16,18H2,(H,36,39). The largest absolute Gasteiger partial charge is 0.449 e. The molecule has 202 valence electrons. The normalized spacial score (nSPS) is 11.9. The maximum absolute atomic E-state index is 13.0. The summed E-state index contributed by atoms with van der Waals surface area (Å²) in [6.45, 7) is 0.348. The second-order valence-corrected chi connectivity index (χ2v) is 10.7. The third kappa shape index (κ3) is 5.57. The maximum Gasteiger partial charge on any atom is 0.407 e. The van der Waals surface area contributed by atoms with Crippen LogP contribution in [0.15, 0.2) is 108 Å². The van der Waals surface area contributed by atoms with E-state index in [0.29, 0.717) is 26.2 Å².